The summed E-state index contributed by atoms with van der Waals surface area (Å²) in [5.41, 5.74) is -0.375. The Bertz CT molecular complexity index is 290. The van der Waals surface area contributed by atoms with Gasteiger partial charge in [-0.1, -0.05) is 6.92 Å². The predicted molar refractivity (Wildman–Crippen MR) is 84.2 cm³/mol. The Labute approximate surface area is 130 Å². The van der Waals surface area contributed by atoms with Crippen molar-refractivity contribution in [2.45, 2.75) is 33.6 Å². The van der Waals surface area contributed by atoms with Gasteiger partial charge in [-0.3, -0.25) is 4.79 Å². The zero-order valence-corrected chi connectivity index (χ0v) is 14.7. The lowest BCUT2D eigenvalue weighted by atomic mass is 9.91. The van der Waals surface area contributed by atoms with Gasteiger partial charge in [-0.05, 0) is 20.3 Å². The number of methoxy groups -OCH3 is 1. The summed E-state index contributed by atoms with van der Waals surface area (Å²) in [6, 6.07) is 0. The first-order valence-electron chi connectivity index (χ1n) is 7.81. The van der Waals surface area contributed by atoms with Gasteiger partial charge in [0.05, 0.1) is 52.5 Å². The minimum atomic E-state index is -0.375. The molecule has 0 saturated carbocycles. The summed E-state index contributed by atoms with van der Waals surface area (Å²) < 4.78 is 16.6. The van der Waals surface area contributed by atoms with Crippen LogP contribution < -0.4 is 0 Å². The third kappa shape index (κ3) is 9.82. The van der Waals surface area contributed by atoms with Crippen LogP contribution in [0.15, 0.2) is 0 Å². The quantitative estimate of drug-likeness (QED) is 0.315. The van der Waals surface area contributed by atoms with Gasteiger partial charge in [-0.15, -0.1) is 0 Å². The molecule has 0 amide bonds. The molecule has 0 rings (SSSR count). The molecule has 0 radical (unpaired) electrons. The van der Waals surface area contributed by atoms with Crippen LogP contribution in [0.5, 0.6) is 0 Å². The molecule has 0 saturated heterocycles. The summed E-state index contributed by atoms with van der Waals surface area (Å²) in [6.45, 7) is 10.3. The SMILES string of the molecule is CCC(C)(C)C(=O)OCCC[N+](C)(C)CCOCCOC. The number of hydrogen-bond donors (Lipinski definition) is 0. The van der Waals surface area contributed by atoms with E-state index in [2.05, 4.69) is 14.1 Å². The molecule has 5 heteroatoms. The Kier molecular flexibility index (Phi) is 9.83. The van der Waals surface area contributed by atoms with E-state index in [0.717, 1.165) is 37.0 Å². The number of rotatable bonds is 12. The number of likely N-dealkylation sites (N-methyl/N-ethyl adjacent to an activating group) is 1. The molecule has 0 spiro atoms. The lowest BCUT2D eigenvalue weighted by molar-refractivity contribution is -0.890. The standard InChI is InChI=1S/C16H34NO4/c1-7-16(2,3)15(18)21-11-8-9-17(4,5)10-12-20-14-13-19-6/h7-14H2,1-6H3/q+1. The highest BCUT2D eigenvalue weighted by atomic mass is 16.5. The van der Waals surface area contributed by atoms with Crippen LogP contribution in [-0.2, 0) is 19.0 Å². The van der Waals surface area contributed by atoms with Gasteiger partial charge in [-0.25, -0.2) is 0 Å². The van der Waals surface area contributed by atoms with Crippen LogP contribution in [0.1, 0.15) is 33.6 Å². The smallest absolute Gasteiger partial charge is 0.311 e. The Balaban J connectivity index is 3.76. The lowest BCUT2D eigenvalue weighted by Crippen LogP contribution is -2.43. The summed E-state index contributed by atoms with van der Waals surface area (Å²) in [5.74, 6) is -0.0989. The predicted octanol–water partition coefficient (Wildman–Crippen LogP) is 2.10. The molecule has 0 aromatic heterocycles. The van der Waals surface area contributed by atoms with Gasteiger partial charge in [0.1, 0.15) is 6.54 Å². The summed E-state index contributed by atoms with van der Waals surface area (Å²) in [7, 11) is 6.00. The topological polar surface area (TPSA) is 44.8 Å². The second kappa shape index (κ2) is 10.1. The fourth-order valence-electron chi connectivity index (χ4n) is 1.66. The summed E-state index contributed by atoms with van der Waals surface area (Å²) in [4.78, 5) is 11.8. The van der Waals surface area contributed by atoms with E-state index in [1.54, 1.807) is 7.11 Å². The fraction of sp³-hybridized carbons (Fsp3) is 0.938. The Morgan fingerprint density at radius 2 is 1.71 bits per heavy atom. The molecule has 0 fully saturated rings. The van der Waals surface area contributed by atoms with E-state index in [0.29, 0.717) is 19.8 Å². The molecule has 0 aliphatic carbocycles. The average Bonchev–Trinajstić information content (AvgIpc) is 2.43. The summed E-state index contributed by atoms with van der Waals surface area (Å²) >= 11 is 0. The second-order valence-electron chi connectivity index (χ2n) is 6.72. The molecule has 0 aromatic rings. The third-order valence-corrected chi connectivity index (χ3v) is 3.85. The Hall–Kier alpha value is -0.650. The third-order valence-electron chi connectivity index (χ3n) is 3.85. The first kappa shape index (κ1) is 20.3. The number of esters is 1. The number of hydrogen-bond acceptors (Lipinski definition) is 4. The molecule has 0 atom stereocenters. The van der Waals surface area contributed by atoms with Crippen LogP contribution in [0.2, 0.25) is 0 Å². The molecule has 0 heterocycles. The highest BCUT2D eigenvalue weighted by Crippen LogP contribution is 2.21. The van der Waals surface area contributed by atoms with Crippen molar-refractivity contribution in [3.8, 4) is 0 Å². The van der Waals surface area contributed by atoms with E-state index < -0.39 is 0 Å². The van der Waals surface area contributed by atoms with Crippen molar-refractivity contribution in [3.05, 3.63) is 0 Å². The first-order chi connectivity index (χ1) is 9.75. The van der Waals surface area contributed by atoms with Gasteiger partial charge in [0.15, 0.2) is 0 Å². The van der Waals surface area contributed by atoms with E-state index in [4.69, 9.17) is 14.2 Å². The van der Waals surface area contributed by atoms with Crippen molar-refractivity contribution in [1.82, 2.24) is 0 Å². The molecule has 126 valence electrons. The number of carbonyl (C=O) groups excluding carboxylic acids is 1. The van der Waals surface area contributed by atoms with Crippen LogP contribution in [0.4, 0.5) is 0 Å². The Morgan fingerprint density at radius 1 is 1.05 bits per heavy atom. The minimum Gasteiger partial charge on any atom is -0.465 e. The van der Waals surface area contributed by atoms with Crippen LogP contribution in [0.25, 0.3) is 0 Å². The second-order valence-corrected chi connectivity index (χ2v) is 6.72. The number of ether oxygens (including phenoxy) is 3. The maximum absolute atomic E-state index is 11.8. The van der Waals surface area contributed by atoms with Crippen LogP contribution in [0, 0.1) is 5.41 Å². The van der Waals surface area contributed by atoms with E-state index in [9.17, 15) is 4.79 Å². The average molecular weight is 304 g/mol. The zero-order valence-electron chi connectivity index (χ0n) is 14.7. The fourth-order valence-corrected chi connectivity index (χ4v) is 1.66. The molecule has 0 bridgehead atoms. The maximum Gasteiger partial charge on any atom is 0.311 e. The molecule has 0 aliphatic heterocycles. The van der Waals surface area contributed by atoms with Crippen molar-refractivity contribution in [1.29, 1.82) is 0 Å². The van der Waals surface area contributed by atoms with E-state index >= 15 is 0 Å². The van der Waals surface area contributed by atoms with Gasteiger partial charge in [-0.2, -0.15) is 0 Å². The van der Waals surface area contributed by atoms with Gasteiger partial charge in [0, 0.05) is 13.5 Å². The molecule has 0 unspecified atom stereocenters. The van der Waals surface area contributed by atoms with Crippen LogP contribution in [-0.4, -0.2) is 71.2 Å². The molecule has 0 aliphatic rings. The minimum absolute atomic E-state index is 0.0989. The molecule has 0 aromatic carbocycles. The summed E-state index contributed by atoms with van der Waals surface area (Å²) in [5, 5.41) is 0. The zero-order chi connectivity index (χ0) is 16.4. The number of carbonyl (C=O) groups is 1. The normalized spacial score (nSPS) is 12.5. The molecule has 21 heavy (non-hydrogen) atoms. The largest absolute Gasteiger partial charge is 0.465 e. The van der Waals surface area contributed by atoms with Gasteiger partial charge in [0.25, 0.3) is 0 Å². The van der Waals surface area contributed by atoms with E-state index in [-0.39, 0.29) is 11.4 Å². The van der Waals surface area contributed by atoms with Gasteiger partial charge in [0.2, 0.25) is 0 Å². The van der Waals surface area contributed by atoms with Crippen molar-refractivity contribution < 1.29 is 23.5 Å². The molecule has 0 N–H and O–H groups in total. The van der Waals surface area contributed by atoms with Crippen LogP contribution >= 0.6 is 0 Å². The van der Waals surface area contributed by atoms with Crippen molar-refractivity contribution in [2.75, 3.05) is 60.7 Å². The molecular weight excluding hydrogens is 270 g/mol. The van der Waals surface area contributed by atoms with Gasteiger partial charge >= 0.3 is 5.97 Å². The van der Waals surface area contributed by atoms with E-state index in [1.165, 1.54) is 0 Å². The van der Waals surface area contributed by atoms with Crippen LogP contribution in [0.3, 0.4) is 0 Å². The summed E-state index contributed by atoms with van der Waals surface area (Å²) in [6.07, 6.45) is 1.67. The van der Waals surface area contributed by atoms with E-state index in [1.807, 2.05) is 20.8 Å². The highest BCUT2D eigenvalue weighted by Gasteiger charge is 2.27. The highest BCUT2D eigenvalue weighted by molar-refractivity contribution is 5.75. The maximum atomic E-state index is 11.8. The first-order valence-corrected chi connectivity index (χ1v) is 7.81. The Morgan fingerprint density at radius 3 is 2.29 bits per heavy atom. The van der Waals surface area contributed by atoms with Crippen molar-refractivity contribution in [3.63, 3.8) is 0 Å². The molecule has 5 nitrogen and oxygen atoms in total. The van der Waals surface area contributed by atoms with Crippen molar-refractivity contribution in [2.24, 2.45) is 5.41 Å². The number of quaternary nitrogens is 1. The van der Waals surface area contributed by atoms with Crippen molar-refractivity contribution >= 4 is 5.97 Å². The molecular formula is C16H34NO4+. The monoisotopic (exact) mass is 304 g/mol. The lowest BCUT2D eigenvalue weighted by Gasteiger charge is -2.29. The van der Waals surface area contributed by atoms with Gasteiger partial charge < -0.3 is 18.7 Å². The number of nitrogens with zero attached hydrogens (tertiary/aromatic N) is 1.